The molecule has 106 valence electrons. The van der Waals surface area contributed by atoms with Crippen LogP contribution in [0.5, 0.6) is 0 Å². The van der Waals surface area contributed by atoms with Gasteiger partial charge in [-0.05, 0) is 62.9 Å². The van der Waals surface area contributed by atoms with Gasteiger partial charge in [0.25, 0.3) is 0 Å². The predicted octanol–water partition coefficient (Wildman–Crippen LogP) is 4.31. The molecule has 0 radical (unpaired) electrons. The van der Waals surface area contributed by atoms with Gasteiger partial charge in [0.1, 0.15) is 5.76 Å². The van der Waals surface area contributed by atoms with Crippen molar-refractivity contribution in [3.05, 3.63) is 11.8 Å². The monoisotopic (exact) mass is 262 g/mol. The minimum absolute atomic E-state index is 0.0859. The first-order chi connectivity index (χ1) is 8.70. The minimum atomic E-state index is -0.411. The summed E-state index contributed by atoms with van der Waals surface area (Å²) in [5.74, 6) is 2.19. The first-order valence-corrected chi connectivity index (χ1v) is 7.62. The van der Waals surface area contributed by atoms with Gasteiger partial charge in [-0.2, -0.15) is 0 Å². The number of ether oxygens (including phenoxy) is 1. The van der Waals surface area contributed by atoms with E-state index < -0.39 is 5.41 Å². The van der Waals surface area contributed by atoms with E-state index in [1.807, 2.05) is 20.8 Å². The Labute approximate surface area is 116 Å². The first kappa shape index (κ1) is 13.2. The number of hydrogen-bond donors (Lipinski definition) is 0. The molecule has 0 heterocycles. The maximum atomic E-state index is 12.1. The van der Waals surface area contributed by atoms with Gasteiger partial charge in [-0.15, -0.1) is 0 Å². The molecular formula is C17H26O2. The summed E-state index contributed by atoms with van der Waals surface area (Å²) in [6.07, 6.45) is 7.27. The Hall–Kier alpha value is -0.790. The molecule has 3 atom stereocenters. The third kappa shape index (κ3) is 1.64. The van der Waals surface area contributed by atoms with Crippen LogP contribution in [0.1, 0.15) is 60.3 Å². The average Bonchev–Trinajstić information content (AvgIpc) is 2.79. The number of rotatable bonds is 1. The van der Waals surface area contributed by atoms with Crippen LogP contribution in [0.25, 0.3) is 0 Å². The number of hydrogen-bond acceptors (Lipinski definition) is 2. The molecule has 3 rings (SSSR count). The predicted molar refractivity (Wildman–Crippen MR) is 75.3 cm³/mol. The van der Waals surface area contributed by atoms with Crippen LogP contribution in [0, 0.1) is 28.1 Å². The van der Waals surface area contributed by atoms with E-state index in [1.54, 1.807) is 0 Å². The van der Waals surface area contributed by atoms with Gasteiger partial charge in [0.2, 0.25) is 0 Å². The second-order valence-electron chi connectivity index (χ2n) is 8.35. The van der Waals surface area contributed by atoms with Crippen molar-refractivity contribution in [1.29, 1.82) is 0 Å². The van der Waals surface area contributed by atoms with Gasteiger partial charge < -0.3 is 4.74 Å². The van der Waals surface area contributed by atoms with E-state index in [0.717, 1.165) is 18.1 Å². The summed E-state index contributed by atoms with van der Waals surface area (Å²) in [5.41, 5.74) is 0.401. The van der Waals surface area contributed by atoms with Gasteiger partial charge in [0.15, 0.2) is 0 Å². The third-order valence-corrected chi connectivity index (χ3v) is 5.86. The highest BCUT2D eigenvalue weighted by molar-refractivity contribution is 5.76. The van der Waals surface area contributed by atoms with Crippen LogP contribution in [0.2, 0.25) is 0 Å². The molecule has 0 amide bonds. The lowest BCUT2D eigenvalue weighted by Crippen LogP contribution is -2.30. The second kappa shape index (κ2) is 3.65. The summed E-state index contributed by atoms with van der Waals surface area (Å²) in [6.45, 7) is 10.6. The molecule has 19 heavy (non-hydrogen) atoms. The molecule has 0 aromatic rings. The van der Waals surface area contributed by atoms with Crippen molar-refractivity contribution in [2.45, 2.75) is 60.3 Å². The van der Waals surface area contributed by atoms with E-state index in [2.05, 4.69) is 19.9 Å². The fourth-order valence-electron chi connectivity index (χ4n) is 4.63. The van der Waals surface area contributed by atoms with Crippen LogP contribution >= 0.6 is 0 Å². The van der Waals surface area contributed by atoms with Gasteiger partial charge >= 0.3 is 5.97 Å². The van der Waals surface area contributed by atoms with E-state index >= 15 is 0 Å². The molecule has 0 aromatic heterocycles. The topological polar surface area (TPSA) is 26.3 Å². The van der Waals surface area contributed by atoms with E-state index in [1.165, 1.54) is 19.3 Å². The zero-order valence-corrected chi connectivity index (χ0v) is 12.9. The molecule has 1 spiro atoms. The minimum Gasteiger partial charge on any atom is -0.431 e. The quantitative estimate of drug-likeness (QED) is 0.658. The lowest BCUT2D eigenvalue weighted by Gasteiger charge is -2.38. The van der Waals surface area contributed by atoms with Gasteiger partial charge in [0.05, 0.1) is 5.41 Å². The average molecular weight is 262 g/mol. The van der Waals surface area contributed by atoms with Crippen molar-refractivity contribution < 1.29 is 9.53 Å². The second-order valence-corrected chi connectivity index (χ2v) is 8.35. The Morgan fingerprint density at radius 1 is 1.37 bits per heavy atom. The van der Waals surface area contributed by atoms with Crippen molar-refractivity contribution in [2.24, 2.45) is 28.1 Å². The van der Waals surface area contributed by atoms with E-state index in [4.69, 9.17) is 4.74 Å². The fourth-order valence-corrected chi connectivity index (χ4v) is 4.63. The number of esters is 1. The SMILES string of the molecule is CC(C)(C)C(=O)OC1=CC[C@]23[C@H](CCCC2(C)C)[C@@H]13. The first-order valence-electron chi connectivity index (χ1n) is 7.62. The lowest BCUT2D eigenvalue weighted by atomic mass is 9.66. The Bertz CT molecular complexity index is 452. The maximum absolute atomic E-state index is 12.1. The number of carbonyl (C=O) groups is 1. The van der Waals surface area contributed by atoms with Crippen LogP contribution in [-0.4, -0.2) is 5.97 Å². The van der Waals surface area contributed by atoms with Gasteiger partial charge in [0, 0.05) is 5.92 Å². The fraction of sp³-hybridized carbons (Fsp3) is 0.824. The van der Waals surface area contributed by atoms with Crippen LogP contribution < -0.4 is 0 Å². The Kier molecular flexibility index (Phi) is 2.54. The van der Waals surface area contributed by atoms with Crippen LogP contribution in [-0.2, 0) is 9.53 Å². The van der Waals surface area contributed by atoms with Gasteiger partial charge in [-0.3, -0.25) is 4.79 Å². The Morgan fingerprint density at radius 2 is 2.05 bits per heavy atom. The molecule has 2 fully saturated rings. The van der Waals surface area contributed by atoms with Crippen molar-refractivity contribution in [2.75, 3.05) is 0 Å². The van der Waals surface area contributed by atoms with E-state index in [-0.39, 0.29) is 5.97 Å². The number of carbonyl (C=O) groups excluding carboxylic acids is 1. The van der Waals surface area contributed by atoms with E-state index in [0.29, 0.717) is 16.7 Å². The lowest BCUT2D eigenvalue weighted by molar-refractivity contribution is -0.149. The highest BCUT2D eigenvalue weighted by atomic mass is 16.5. The molecule has 2 heteroatoms. The van der Waals surface area contributed by atoms with Gasteiger partial charge in [-0.25, -0.2) is 0 Å². The molecule has 0 aromatic carbocycles. The largest absolute Gasteiger partial charge is 0.431 e. The zero-order chi connectivity index (χ0) is 14.1. The van der Waals surface area contributed by atoms with Crippen molar-refractivity contribution in [3.8, 4) is 0 Å². The molecule has 0 N–H and O–H groups in total. The third-order valence-electron chi connectivity index (χ3n) is 5.86. The molecule has 3 aliphatic carbocycles. The number of allylic oxidation sites excluding steroid dienone is 2. The normalized spacial score (nSPS) is 39.1. The molecule has 0 bridgehead atoms. The summed E-state index contributed by atoms with van der Waals surface area (Å²) in [5, 5.41) is 0. The summed E-state index contributed by atoms with van der Waals surface area (Å²) < 4.78 is 5.73. The molecule has 3 aliphatic rings. The van der Waals surface area contributed by atoms with Crippen LogP contribution in [0.4, 0.5) is 0 Å². The maximum Gasteiger partial charge on any atom is 0.316 e. The summed E-state index contributed by atoms with van der Waals surface area (Å²) in [4.78, 5) is 12.1. The highest BCUT2D eigenvalue weighted by Crippen LogP contribution is 2.79. The molecule has 0 unspecified atom stereocenters. The Morgan fingerprint density at radius 3 is 2.63 bits per heavy atom. The molecular weight excluding hydrogens is 236 g/mol. The van der Waals surface area contributed by atoms with Gasteiger partial charge in [-0.1, -0.05) is 20.3 Å². The standard InChI is InChI=1S/C17H26O2/c1-15(2,3)14(18)19-12-8-10-17-11(13(12)17)7-6-9-16(17,4)5/h8,11,13H,6-7,9-10H2,1-5H3/t11-,13+,17-/m1/s1. The molecule has 2 nitrogen and oxygen atoms in total. The Balaban J connectivity index is 1.78. The highest BCUT2D eigenvalue weighted by Gasteiger charge is 2.75. The molecule has 2 saturated carbocycles. The zero-order valence-electron chi connectivity index (χ0n) is 12.9. The summed E-state index contributed by atoms with van der Waals surface area (Å²) in [7, 11) is 0. The smallest absolute Gasteiger partial charge is 0.316 e. The van der Waals surface area contributed by atoms with E-state index in [9.17, 15) is 4.79 Å². The van der Waals surface area contributed by atoms with Crippen LogP contribution in [0.15, 0.2) is 11.8 Å². The van der Waals surface area contributed by atoms with Crippen molar-refractivity contribution in [1.82, 2.24) is 0 Å². The summed E-state index contributed by atoms with van der Waals surface area (Å²) in [6, 6.07) is 0. The summed E-state index contributed by atoms with van der Waals surface area (Å²) >= 11 is 0. The van der Waals surface area contributed by atoms with Crippen LogP contribution in [0.3, 0.4) is 0 Å². The van der Waals surface area contributed by atoms with Crippen molar-refractivity contribution in [3.63, 3.8) is 0 Å². The molecule has 0 aliphatic heterocycles. The number of fused-ring (bicyclic) bond motifs is 1. The van der Waals surface area contributed by atoms with Crippen molar-refractivity contribution >= 4 is 5.97 Å². The molecule has 0 saturated heterocycles.